The fourth-order valence-corrected chi connectivity index (χ4v) is 5.15. The number of amides is 1. The van der Waals surface area contributed by atoms with Gasteiger partial charge in [-0.05, 0) is 44.5 Å². The number of nitrogens with one attached hydrogen (secondary N) is 1. The molecule has 0 bridgehead atoms. The van der Waals surface area contributed by atoms with E-state index in [-0.39, 0.29) is 18.3 Å². The van der Waals surface area contributed by atoms with E-state index >= 15 is 0 Å². The Hall–Kier alpha value is -3.31. The Bertz CT molecular complexity index is 1230. The average molecular weight is 517 g/mol. The zero-order valence-electron chi connectivity index (χ0n) is 20.3. The van der Waals surface area contributed by atoms with Crippen molar-refractivity contribution in [3.63, 3.8) is 0 Å². The summed E-state index contributed by atoms with van der Waals surface area (Å²) in [6.45, 7) is 10.0. The molecule has 0 aliphatic carbocycles. The second-order valence-electron chi connectivity index (χ2n) is 7.32. The quantitative estimate of drug-likeness (QED) is 0.222. The molecule has 3 rings (SSSR count). The maximum absolute atomic E-state index is 12.8. The number of ether oxygens (including phenoxy) is 3. The van der Waals surface area contributed by atoms with Crippen LogP contribution in [0.5, 0.6) is 11.5 Å². The maximum atomic E-state index is 12.8. The largest absolute Gasteiger partial charge is 0.493 e. The minimum atomic E-state index is -0.442. The van der Waals surface area contributed by atoms with Crippen molar-refractivity contribution in [3.05, 3.63) is 46.9 Å². The lowest BCUT2D eigenvalue weighted by Gasteiger charge is -2.11. The van der Waals surface area contributed by atoms with Gasteiger partial charge in [0.25, 0.3) is 0 Å². The molecule has 0 radical (unpaired) electrons. The second-order valence-corrected chi connectivity index (χ2v) is 9.49. The number of methoxy groups -OCH3 is 2. The zero-order chi connectivity index (χ0) is 25.5. The summed E-state index contributed by atoms with van der Waals surface area (Å²) in [6, 6.07) is 5.49. The number of allylic oxidation sites excluding steroid dienone is 1. The van der Waals surface area contributed by atoms with Crippen LogP contribution in [-0.2, 0) is 16.1 Å². The van der Waals surface area contributed by atoms with Gasteiger partial charge in [-0.2, -0.15) is 0 Å². The van der Waals surface area contributed by atoms with E-state index in [0.29, 0.717) is 39.6 Å². The predicted octanol–water partition coefficient (Wildman–Crippen LogP) is 4.73. The van der Waals surface area contributed by atoms with Gasteiger partial charge in [0.05, 0.1) is 32.1 Å². The fraction of sp³-hybridized carbons (Fsp3) is 0.333. The number of carbonyl (C=O) groups is 2. The lowest BCUT2D eigenvalue weighted by molar-refractivity contribution is -0.113. The van der Waals surface area contributed by atoms with Crippen LogP contribution in [0.25, 0.3) is 11.4 Å². The van der Waals surface area contributed by atoms with E-state index < -0.39 is 5.97 Å². The van der Waals surface area contributed by atoms with Crippen molar-refractivity contribution in [1.29, 1.82) is 0 Å². The van der Waals surface area contributed by atoms with Crippen molar-refractivity contribution in [2.24, 2.45) is 0 Å². The Morgan fingerprint density at radius 1 is 1.20 bits per heavy atom. The molecular weight excluding hydrogens is 488 g/mol. The Balaban J connectivity index is 1.78. The number of thiophene rings is 1. The maximum Gasteiger partial charge on any atom is 0.341 e. The molecule has 1 amide bonds. The number of aromatic nitrogens is 3. The summed E-state index contributed by atoms with van der Waals surface area (Å²) in [7, 11) is 3.14. The van der Waals surface area contributed by atoms with Gasteiger partial charge < -0.3 is 19.5 Å². The molecule has 186 valence electrons. The summed E-state index contributed by atoms with van der Waals surface area (Å²) in [4.78, 5) is 26.1. The molecule has 0 fully saturated rings. The van der Waals surface area contributed by atoms with Crippen LogP contribution in [0, 0.1) is 13.8 Å². The van der Waals surface area contributed by atoms with Crippen LogP contribution in [0.1, 0.15) is 27.7 Å². The number of rotatable bonds is 11. The van der Waals surface area contributed by atoms with Gasteiger partial charge in [0.15, 0.2) is 22.5 Å². The number of anilines is 1. The lowest BCUT2D eigenvalue weighted by atomic mass is 10.1. The molecule has 0 aliphatic heterocycles. The Kier molecular flexibility index (Phi) is 8.94. The standard InChI is InChI=1S/C24H28N4O5S2/c1-7-11-28-21(16-9-10-17(31-5)18(12-16)32-6)26-27-24(28)34-13-19(29)25-22-20(23(30)33-8-2)14(3)15(4)35-22/h7,9-10,12H,1,8,11,13H2,2-6H3,(H,25,29). The minimum Gasteiger partial charge on any atom is -0.493 e. The monoisotopic (exact) mass is 516 g/mol. The topological polar surface area (TPSA) is 105 Å². The van der Waals surface area contributed by atoms with Gasteiger partial charge in [-0.25, -0.2) is 4.79 Å². The summed E-state index contributed by atoms with van der Waals surface area (Å²) in [5.74, 6) is 1.18. The number of benzene rings is 1. The molecule has 9 nitrogen and oxygen atoms in total. The van der Waals surface area contributed by atoms with Gasteiger partial charge in [-0.3, -0.25) is 9.36 Å². The number of nitrogens with zero attached hydrogens (tertiary/aromatic N) is 3. The molecule has 0 atom stereocenters. The lowest BCUT2D eigenvalue weighted by Crippen LogP contribution is -2.17. The van der Waals surface area contributed by atoms with E-state index in [0.717, 1.165) is 16.0 Å². The molecule has 0 unspecified atom stereocenters. The zero-order valence-corrected chi connectivity index (χ0v) is 22.0. The summed E-state index contributed by atoms with van der Waals surface area (Å²) >= 11 is 2.60. The number of esters is 1. The first-order valence-electron chi connectivity index (χ1n) is 10.8. The first-order valence-corrected chi connectivity index (χ1v) is 12.6. The number of hydrogen-bond acceptors (Lipinski definition) is 9. The molecule has 1 N–H and O–H groups in total. The highest BCUT2D eigenvalue weighted by Crippen LogP contribution is 2.34. The van der Waals surface area contributed by atoms with Crippen molar-refractivity contribution >= 4 is 40.0 Å². The van der Waals surface area contributed by atoms with Gasteiger partial charge in [0.1, 0.15) is 5.00 Å². The molecule has 1 aromatic carbocycles. The van der Waals surface area contributed by atoms with E-state index in [2.05, 4.69) is 22.1 Å². The van der Waals surface area contributed by atoms with Gasteiger partial charge in [-0.1, -0.05) is 17.8 Å². The molecular formula is C24H28N4O5S2. The van der Waals surface area contributed by atoms with Crippen LogP contribution in [0.2, 0.25) is 0 Å². The van der Waals surface area contributed by atoms with E-state index in [1.54, 1.807) is 33.3 Å². The van der Waals surface area contributed by atoms with Crippen molar-refractivity contribution in [2.75, 3.05) is 31.9 Å². The third-order valence-electron chi connectivity index (χ3n) is 5.12. The van der Waals surface area contributed by atoms with Crippen LogP contribution in [0.15, 0.2) is 36.0 Å². The Morgan fingerprint density at radius 3 is 2.60 bits per heavy atom. The Morgan fingerprint density at radius 2 is 1.94 bits per heavy atom. The molecule has 0 saturated heterocycles. The van der Waals surface area contributed by atoms with Crippen LogP contribution < -0.4 is 14.8 Å². The third-order valence-corrected chi connectivity index (χ3v) is 7.21. The van der Waals surface area contributed by atoms with Crippen LogP contribution in [0.3, 0.4) is 0 Å². The number of thioether (sulfide) groups is 1. The summed E-state index contributed by atoms with van der Waals surface area (Å²) in [5, 5.41) is 12.5. The molecule has 0 aliphatic rings. The number of aryl methyl sites for hydroxylation is 1. The first kappa shape index (κ1) is 26.3. The van der Waals surface area contributed by atoms with Gasteiger partial charge in [-0.15, -0.1) is 28.1 Å². The number of hydrogen-bond donors (Lipinski definition) is 1. The van der Waals surface area contributed by atoms with Crippen molar-refractivity contribution in [3.8, 4) is 22.9 Å². The molecule has 3 aromatic rings. The highest BCUT2D eigenvalue weighted by atomic mass is 32.2. The SMILES string of the molecule is C=CCn1c(SCC(=O)Nc2sc(C)c(C)c2C(=O)OCC)nnc1-c1ccc(OC)c(OC)c1. The molecule has 2 heterocycles. The van der Waals surface area contributed by atoms with Crippen LogP contribution in [0.4, 0.5) is 5.00 Å². The molecule has 0 spiro atoms. The third kappa shape index (κ3) is 5.85. The van der Waals surface area contributed by atoms with Gasteiger partial charge >= 0.3 is 5.97 Å². The summed E-state index contributed by atoms with van der Waals surface area (Å²) < 4.78 is 17.7. The van der Waals surface area contributed by atoms with E-state index in [4.69, 9.17) is 14.2 Å². The molecule has 2 aromatic heterocycles. The van der Waals surface area contributed by atoms with E-state index in [9.17, 15) is 9.59 Å². The fourth-order valence-electron chi connectivity index (χ4n) is 3.33. The summed E-state index contributed by atoms with van der Waals surface area (Å²) in [6.07, 6.45) is 1.74. The molecule has 0 saturated carbocycles. The molecule has 35 heavy (non-hydrogen) atoms. The van der Waals surface area contributed by atoms with Crippen LogP contribution >= 0.6 is 23.1 Å². The highest BCUT2D eigenvalue weighted by Gasteiger charge is 2.23. The Labute approximate surface area is 212 Å². The summed E-state index contributed by atoms with van der Waals surface area (Å²) in [5.41, 5.74) is 2.00. The van der Waals surface area contributed by atoms with Gasteiger partial charge in [0, 0.05) is 17.0 Å². The van der Waals surface area contributed by atoms with Crippen molar-refractivity contribution in [1.82, 2.24) is 14.8 Å². The van der Waals surface area contributed by atoms with Crippen LogP contribution in [-0.4, -0.2) is 53.2 Å². The minimum absolute atomic E-state index is 0.0828. The normalized spacial score (nSPS) is 10.7. The number of carbonyl (C=O) groups excluding carboxylic acids is 2. The van der Waals surface area contributed by atoms with Crippen molar-refractivity contribution in [2.45, 2.75) is 32.5 Å². The molecule has 11 heteroatoms. The van der Waals surface area contributed by atoms with E-state index in [1.807, 2.05) is 30.5 Å². The van der Waals surface area contributed by atoms with Gasteiger partial charge in [0.2, 0.25) is 5.91 Å². The first-order chi connectivity index (χ1) is 16.8. The predicted molar refractivity (Wildman–Crippen MR) is 138 cm³/mol. The van der Waals surface area contributed by atoms with E-state index in [1.165, 1.54) is 23.1 Å². The average Bonchev–Trinajstić information content (AvgIpc) is 3.37. The second kappa shape index (κ2) is 11.9. The van der Waals surface area contributed by atoms with Crippen molar-refractivity contribution < 1.29 is 23.8 Å². The smallest absolute Gasteiger partial charge is 0.341 e. The highest BCUT2D eigenvalue weighted by molar-refractivity contribution is 7.99.